The first-order valence-corrected chi connectivity index (χ1v) is 10.9. The third-order valence-corrected chi connectivity index (χ3v) is 5.46. The predicted octanol–water partition coefficient (Wildman–Crippen LogP) is 4.95. The minimum atomic E-state index is -0.140. The van der Waals surface area contributed by atoms with Gasteiger partial charge in [-0.1, -0.05) is 24.9 Å². The topological polar surface area (TPSA) is 96.0 Å². The molecule has 3 N–H and O–H groups in total. The Kier molecular flexibility index (Phi) is 6.37. The fraction of sp³-hybridized carbons (Fsp3) is 0.250. The Balaban J connectivity index is 1.55. The monoisotopic (exact) mass is 449 g/mol. The van der Waals surface area contributed by atoms with Gasteiger partial charge in [0.25, 0.3) is 5.91 Å². The van der Waals surface area contributed by atoms with E-state index in [0.29, 0.717) is 27.9 Å². The van der Waals surface area contributed by atoms with Crippen LogP contribution in [0.4, 0.5) is 17.3 Å². The van der Waals surface area contributed by atoms with E-state index >= 15 is 0 Å². The summed E-state index contributed by atoms with van der Waals surface area (Å²) in [4.78, 5) is 33.6. The van der Waals surface area contributed by atoms with Crippen LogP contribution in [0.3, 0.4) is 0 Å². The molecule has 0 bridgehead atoms. The maximum absolute atomic E-state index is 12.4. The maximum atomic E-state index is 12.4. The van der Waals surface area contributed by atoms with Gasteiger partial charge in [-0.25, -0.2) is 9.97 Å². The Bertz CT molecular complexity index is 1160. The van der Waals surface area contributed by atoms with Crippen LogP contribution in [-0.4, -0.2) is 27.8 Å². The molecular formula is C24H24ClN5O2. The SMILES string of the molecule is CCCC(C)NC(=O)c1ccc(Nc2ncc3c(n2)-c2ccc(Cl)cc2NC(=O)C3)cc1. The summed E-state index contributed by atoms with van der Waals surface area (Å²) in [5.41, 5.74) is 4.17. The molecule has 1 unspecified atom stereocenters. The van der Waals surface area contributed by atoms with Gasteiger partial charge in [0.15, 0.2) is 0 Å². The summed E-state index contributed by atoms with van der Waals surface area (Å²) in [5.74, 6) is 0.165. The maximum Gasteiger partial charge on any atom is 0.251 e. The zero-order chi connectivity index (χ0) is 22.7. The molecule has 4 rings (SSSR count). The average molecular weight is 450 g/mol. The van der Waals surface area contributed by atoms with Crippen molar-refractivity contribution in [1.29, 1.82) is 0 Å². The third-order valence-electron chi connectivity index (χ3n) is 5.23. The minimum Gasteiger partial charge on any atom is -0.350 e. The van der Waals surface area contributed by atoms with Crippen LogP contribution in [0, 0.1) is 0 Å². The van der Waals surface area contributed by atoms with E-state index in [4.69, 9.17) is 11.6 Å². The molecule has 7 nitrogen and oxygen atoms in total. The Hall–Kier alpha value is -3.45. The van der Waals surface area contributed by atoms with Gasteiger partial charge in [-0.2, -0.15) is 0 Å². The Morgan fingerprint density at radius 2 is 2.00 bits per heavy atom. The van der Waals surface area contributed by atoms with Crippen molar-refractivity contribution in [3.8, 4) is 11.3 Å². The molecule has 2 amide bonds. The summed E-state index contributed by atoms with van der Waals surface area (Å²) >= 11 is 6.10. The number of anilines is 3. The molecule has 8 heteroatoms. The number of benzene rings is 2. The number of aromatic nitrogens is 2. The normalized spacial score (nSPS) is 13.3. The number of carbonyl (C=O) groups excluding carboxylic acids is 2. The summed E-state index contributed by atoms with van der Waals surface area (Å²) in [5, 5.41) is 9.57. The Morgan fingerprint density at radius 3 is 2.75 bits per heavy atom. The van der Waals surface area contributed by atoms with Crippen LogP contribution < -0.4 is 16.0 Å². The molecule has 1 aromatic heterocycles. The second kappa shape index (κ2) is 9.36. The lowest BCUT2D eigenvalue weighted by Gasteiger charge is -2.13. The second-order valence-corrected chi connectivity index (χ2v) is 8.28. The first-order chi connectivity index (χ1) is 15.4. The van der Waals surface area contributed by atoms with Gasteiger partial charge in [-0.05, 0) is 55.8 Å². The van der Waals surface area contributed by atoms with Gasteiger partial charge in [-0.15, -0.1) is 0 Å². The molecule has 0 spiro atoms. The average Bonchev–Trinajstić information content (AvgIpc) is 2.89. The molecule has 3 aromatic rings. The number of fused-ring (bicyclic) bond motifs is 3. The minimum absolute atomic E-state index is 0.0915. The van der Waals surface area contributed by atoms with Crippen molar-refractivity contribution < 1.29 is 9.59 Å². The Morgan fingerprint density at radius 1 is 1.22 bits per heavy atom. The molecule has 0 radical (unpaired) electrons. The van der Waals surface area contributed by atoms with Crippen molar-refractivity contribution in [3.63, 3.8) is 0 Å². The van der Waals surface area contributed by atoms with Crippen molar-refractivity contribution in [2.75, 3.05) is 10.6 Å². The molecule has 2 aromatic carbocycles. The van der Waals surface area contributed by atoms with E-state index < -0.39 is 0 Å². The number of hydrogen-bond acceptors (Lipinski definition) is 5. The molecule has 0 aliphatic carbocycles. The first kappa shape index (κ1) is 21.8. The lowest BCUT2D eigenvalue weighted by molar-refractivity contribution is -0.115. The quantitative estimate of drug-likeness (QED) is 0.494. The van der Waals surface area contributed by atoms with Gasteiger partial charge in [0.1, 0.15) is 0 Å². The van der Waals surface area contributed by atoms with E-state index in [1.807, 2.05) is 25.1 Å². The summed E-state index contributed by atoms with van der Waals surface area (Å²) in [7, 11) is 0. The van der Waals surface area contributed by atoms with Gasteiger partial charge in [0, 0.05) is 39.6 Å². The van der Waals surface area contributed by atoms with Gasteiger partial charge in [0.05, 0.1) is 17.8 Å². The zero-order valence-electron chi connectivity index (χ0n) is 17.9. The number of amides is 2. The second-order valence-electron chi connectivity index (χ2n) is 7.85. The number of nitrogens with one attached hydrogen (secondary N) is 3. The smallest absolute Gasteiger partial charge is 0.251 e. The van der Waals surface area contributed by atoms with Crippen LogP contribution in [0.1, 0.15) is 42.6 Å². The van der Waals surface area contributed by atoms with Crippen molar-refractivity contribution in [1.82, 2.24) is 15.3 Å². The summed E-state index contributed by atoms with van der Waals surface area (Å²) in [6, 6.07) is 12.6. The highest BCUT2D eigenvalue weighted by Gasteiger charge is 2.21. The number of hydrogen-bond donors (Lipinski definition) is 3. The number of halogens is 1. The molecule has 0 saturated carbocycles. The number of rotatable bonds is 6. The molecule has 32 heavy (non-hydrogen) atoms. The third kappa shape index (κ3) is 4.89. The van der Waals surface area contributed by atoms with E-state index in [1.54, 1.807) is 30.5 Å². The number of nitrogens with zero attached hydrogens (tertiary/aromatic N) is 2. The zero-order valence-corrected chi connectivity index (χ0v) is 18.7. The van der Waals surface area contributed by atoms with E-state index in [1.165, 1.54) is 0 Å². The van der Waals surface area contributed by atoms with Crippen LogP contribution in [0.5, 0.6) is 0 Å². The van der Waals surface area contributed by atoms with Crippen molar-refractivity contribution in [2.45, 2.75) is 39.2 Å². The van der Waals surface area contributed by atoms with Crippen molar-refractivity contribution in [3.05, 3.63) is 64.8 Å². The van der Waals surface area contributed by atoms with Crippen LogP contribution in [0.2, 0.25) is 5.02 Å². The summed E-state index contributed by atoms with van der Waals surface area (Å²) in [6.07, 6.45) is 3.80. The largest absolute Gasteiger partial charge is 0.350 e. The molecular weight excluding hydrogens is 426 g/mol. The van der Waals surface area contributed by atoms with E-state index in [2.05, 4.69) is 32.8 Å². The van der Waals surface area contributed by atoms with Gasteiger partial charge in [0.2, 0.25) is 11.9 Å². The van der Waals surface area contributed by atoms with Gasteiger partial charge >= 0.3 is 0 Å². The lowest BCUT2D eigenvalue weighted by atomic mass is 10.1. The van der Waals surface area contributed by atoms with Crippen LogP contribution in [0.15, 0.2) is 48.7 Å². The molecule has 2 heterocycles. The highest BCUT2D eigenvalue weighted by Crippen LogP contribution is 2.34. The van der Waals surface area contributed by atoms with Crippen LogP contribution in [0.25, 0.3) is 11.3 Å². The fourth-order valence-electron chi connectivity index (χ4n) is 3.67. The molecule has 0 saturated heterocycles. The highest BCUT2D eigenvalue weighted by atomic mass is 35.5. The Labute approximate surface area is 191 Å². The summed E-state index contributed by atoms with van der Waals surface area (Å²) < 4.78 is 0. The lowest BCUT2D eigenvalue weighted by Crippen LogP contribution is -2.32. The predicted molar refractivity (Wildman–Crippen MR) is 126 cm³/mol. The van der Waals surface area contributed by atoms with Gasteiger partial charge < -0.3 is 16.0 Å². The van der Waals surface area contributed by atoms with E-state index in [-0.39, 0.29) is 24.3 Å². The summed E-state index contributed by atoms with van der Waals surface area (Å²) in [6.45, 7) is 4.10. The van der Waals surface area contributed by atoms with Crippen molar-refractivity contribution >= 4 is 40.7 Å². The molecule has 0 fully saturated rings. The molecule has 1 aliphatic heterocycles. The molecule has 164 valence electrons. The van der Waals surface area contributed by atoms with E-state index in [9.17, 15) is 9.59 Å². The van der Waals surface area contributed by atoms with Crippen LogP contribution in [-0.2, 0) is 11.2 Å². The standard InChI is InChI=1S/C24H24ClN5O2/c1-3-4-14(2)27-23(32)15-5-8-18(9-6-15)28-24-26-13-16-11-21(31)29-20-12-17(25)7-10-19(20)22(16)30-24/h5-10,12-14H,3-4,11H2,1-2H3,(H,27,32)(H,29,31)(H,26,28,30). The van der Waals surface area contributed by atoms with Gasteiger partial charge in [-0.3, -0.25) is 9.59 Å². The van der Waals surface area contributed by atoms with E-state index in [0.717, 1.165) is 29.7 Å². The highest BCUT2D eigenvalue weighted by molar-refractivity contribution is 6.31. The fourth-order valence-corrected chi connectivity index (χ4v) is 3.84. The molecule has 1 aliphatic rings. The first-order valence-electron chi connectivity index (χ1n) is 10.6. The van der Waals surface area contributed by atoms with Crippen LogP contribution >= 0.6 is 11.6 Å². The molecule has 1 atom stereocenters. The van der Waals surface area contributed by atoms with Crippen molar-refractivity contribution in [2.24, 2.45) is 0 Å². The number of carbonyl (C=O) groups is 2.